The van der Waals surface area contributed by atoms with Crippen molar-refractivity contribution in [1.29, 1.82) is 0 Å². The summed E-state index contributed by atoms with van der Waals surface area (Å²) in [6.07, 6.45) is 58.2. The first-order valence-electron chi connectivity index (χ1n) is 27.6. The summed E-state index contributed by atoms with van der Waals surface area (Å²) < 4.78 is 5.92. The Balaban J connectivity index is 4.36. The Morgan fingerprint density at radius 1 is 0.468 bits per heavy atom. The van der Waals surface area contributed by atoms with Gasteiger partial charge in [-0.05, 0) is 51.4 Å². The van der Waals surface area contributed by atoms with Crippen molar-refractivity contribution < 1.29 is 24.5 Å². The van der Waals surface area contributed by atoms with Crippen molar-refractivity contribution in [2.75, 3.05) is 6.61 Å². The Morgan fingerprint density at radius 3 is 1.19 bits per heavy atom. The molecule has 0 aliphatic carbocycles. The van der Waals surface area contributed by atoms with E-state index in [1.54, 1.807) is 0 Å². The highest BCUT2D eigenvalue weighted by molar-refractivity contribution is 5.77. The predicted molar refractivity (Wildman–Crippen MR) is 269 cm³/mol. The van der Waals surface area contributed by atoms with E-state index >= 15 is 0 Å². The maximum atomic E-state index is 13.2. The second kappa shape index (κ2) is 50.3. The molecule has 3 atom stereocenters. The lowest BCUT2D eigenvalue weighted by Gasteiger charge is -2.24. The Labute approximate surface area is 386 Å². The maximum absolute atomic E-state index is 13.2. The van der Waals surface area contributed by atoms with E-state index < -0.39 is 18.2 Å². The Morgan fingerprint density at radius 2 is 0.806 bits per heavy atom. The highest BCUT2D eigenvalue weighted by Gasteiger charge is 2.24. The summed E-state index contributed by atoms with van der Waals surface area (Å²) in [5.41, 5.74) is 0. The predicted octanol–water partition coefficient (Wildman–Crippen LogP) is 16.7. The van der Waals surface area contributed by atoms with E-state index in [0.29, 0.717) is 19.3 Å². The number of amides is 1. The van der Waals surface area contributed by atoms with Gasteiger partial charge in [-0.15, -0.1) is 0 Å². The smallest absolute Gasteiger partial charge is 0.306 e. The van der Waals surface area contributed by atoms with Crippen LogP contribution in [0.3, 0.4) is 0 Å². The molecule has 62 heavy (non-hydrogen) atoms. The van der Waals surface area contributed by atoms with Gasteiger partial charge in [-0.2, -0.15) is 0 Å². The fourth-order valence-electron chi connectivity index (χ4n) is 8.60. The van der Waals surface area contributed by atoms with Crippen LogP contribution in [0, 0.1) is 0 Å². The minimum Gasteiger partial charge on any atom is -0.462 e. The van der Waals surface area contributed by atoms with Crippen LogP contribution in [0.15, 0.2) is 24.3 Å². The third-order valence-corrected chi connectivity index (χ3v) is 12.8. The van der Waals surface area contributed by atoms with Crippen LogP contribution >= 0.6 is 0 Å². The Bertz CT molecular complexity index is 981. The molecule has 3 unspecified atom stereocenters. The van der Waals surface area contributed by atoms with Crippen molar-refractivity contribution >= 4 is 11.9 Å². The van der Waals surface area contributed by atoms with Crippen LogP contribution in [0.2, 0.25) is 0 Å². The number of esters is 1. The van der Waals surface area contributed by atoms with Gasteiger partial charge in [-0.1, -0.05) is 257 Å². The topological polar surface area (TPSA) is 95.9 Å². The van der Waals surface area contributed by atoms with Crippen LogP contribution in [0.1, 0.15) is 297 Å². The molecule has 0 fully saturated rings. The molecular formula is C56H107NO5. The van der Waals surface area contributed by atoms with Gasteiger partial charge in [0.1, 0.15) is 6.10 Å². The van der Waals surface area contributed by atoms with Gasteiger partial charge in [-0.3, -0.25) is 9.59 Å². The number of unbranched alkanes of at least 4 members (excludes halogenated alkanes) is 35. The van der Waals surface area contributed by atoms with Crippen LogP contribution in [0.5, 0.6) is 0 Å². The lowest BCUT2D eigenvalue weighted by Crippen LogP contribution is -2.46. The SMILES string of the molecule is CCCCCCCCC/C=C/C=C/CCCCCCCC(=O)OC(CCCCCCCCCC)CC(=O)NC(CO)C(O)CCCCCCCCCCCCCCCCCCC. The summed E-state index contributed by atoms with van der Waals surface area (Å²) in [5, 5.41) is 23.8. The molecule has 6 heteroatoms. The zero-order chi connectivity index (χ0) is 45.2. The highest BCUT2D eigenvalue weighted by atomic mass is 16.5. The molecule has 0 aliphatic rings. The summed E-state index contributed by atoms with van der Waals surface area (Å²) >= 11 is 0. The molecule has 0 spiro atoms. The van der Waals surface area contributed by atoms with Gasteiger partial charge < -0.3 is 20.3 Å². The number of rotatable bonds is 50. The molecule has 0 bridgehead atoms. The maximum Gasteiger partial charge on any atom is 0.306 e. The monoisotopic (exact) mass is 874 g/mol. The van der Waals surface area contributed by atoms with Crippen molar-refractivity contribution in [3.63, 3.8) is 0 Å². The first-order chi connectivity index (χ1) is 30.5. The van der Waals surface area contributed by atoms with Crippen molar-refractivity contribution in [2.24, 2.45) is 0 Å². The molecule has 0 heterocycles. The number of allylic oxidation sites excluding steroid dienone is 4. The van der Waals surface area contributed by atoms with Crippen molar-refractivity contribution in [2.45, 2.75) is 315 Å². The van der Waals surface area contributed by atoms with Gasteiger partial charge >= 0.3 is 5.97 Å². The lowest BCUT2D eigenvalue weighted by molar-refractivity contribution is -0.151. The molecule has 0 saturated carbocycles. The lowest BCUT2D eigenvalue weighted by atomic mass is 10.0. The first-order valence-corrected chi connectivity index (χ1v) is 27.6. The highest BCUT2D eigenvalue weighted by Crippen LogP contribution is 2.18. The van der Waals surface area contributed by atoms with Gasteiger partial charge in [-0.25, -0.2) is 0 Å². The first kappa shape index (κ1) is 60.3. The normalized spacial score (nSPS) is 13.3. The zero-order valence-corrected chi connectivity index (χ0v) is 41.8. The second-order valence-corrected chi connectivity index (χ2v) is 19.0. The summed E-state index contributed by atoms with van der Waals surface area (Å²) in [7, 11) is 0. The number of ether oxygens (including phenoxy) is 1. The standard InChI is InChI=1S/C56H107NO5/c1-4-7-10-13-16-19-21-23-25-27-29-31-33-35-37-40-43-46-49-56(61)62-52(47-44-41-38-18-15-12-9-6-3)50-55(60)57-53(51-58)54(59)48-45-42-39-36-34-32-30-28-26-24-22-20-17-14-11-8-5-2/h25,27,29,31,52-54,58-59H,4-24,26,28,30,32-51H2,1-3H3,(H,57,60)/b27-25+,31-29+. The molecule has 0 aromatic carbocycles. The van der Waals surface area contributed by atoms with Gasteiger partial charge in [0.25, 0.3) is 0 Å². The molecule has 0 radical (unpaired) electrons. The van der Waals surface area contributed by atoms with E-state index in [2.05, 4.69) is 50.4 Å². The van der Waals surface area contributed by atoms with Crippen molar-refractivity contribution in [1.82, 2.24) is 5.32 Å². The summed E-state index contributed by atoms with van der Waals surface area (Å²) in [6.45, 7) is 6.48. The average molecular weight is 874 g/mol. The number of carbonyl (C=O) groups is 2. The van der Waals surface area contributed by atoms with Gasteiger partial charge in [0.05, 0.1) is 25.2 Å². The number of carbonyl (C=O) groups excluding carboxylic acids is 2. The molecule has 0 aromatic heterocycles. The van der Waals surface area contributed by atoms with E-state index in [1.807, 2.05) is 0 Å². The Kier molecular flexibility index (Phi) is 49.0. The van der Waals surface area contributed by atoms with Crippen LogP contribution in [-0.2, 0) is 14.3 Å². The minimum absolute atomic E-state index is 0.0758. The molecule has 6 nitrogen and oxygen atoms in total. The Hall–Kier alpha value is -1.66. The van der Waals surface area contributed by atoms with Gasteiger partial charge in [0, 0.05) is 6.42 Å². The molecule has 366 valence electrons. The van der Waals surface area contributed by atoms with E-state index in [4.69, 9.17) is 4.74 Å². The van der Waals surface area contributed by atoms with Crippen LogP contribution in [-0.4, -0.2) is 46.9 Å². The number of hydrogen-bond donors (Lipinski definition) is 3. The zero-order valence-electron chi connectivity index (χ0n) is 41.8. The van der Waals surface area contributed by atoms with Crippen LogP contribution in [0.4, 0.5) is 0 Å². The second-order valence-electron chi connectivity index (χ2n) is 19.0. The molecule has 0 rings (SSSR count). The molecular weight excluding hydrogens is 767 g/mol. The number of nitrogens with one attached hydrogen (secondary N) is 1. The fraction of sp³-hybridized carbons (Fsp3) is 0.893. The molecule has 0 aliphatic heterocycles. The third kappa shape index (κ3) is 44.9. The molecule has 0 aromatic rings. The third-order valence-electron chi connectivity index (χ3n) is 12.8. The molecule has 0 saturated heterocycles. The average Bonchev–Trinajstić information content (AvgIpc) is 3.26. The fourth-order valence-corrected chi connectivity index (χ4v) is 8.60. The van der Waals surface area contributed by atoms with E-state index in [1.165, 1.54) is 199 Å². The summed E-state index contributed by atoms with van der Waals surface area (Å²) in [5.74, 6) is -0.480. The van der Waals surface area contributed by atoms with E-state index in [-0.39, 0.29) is 24.9 Å². The number of aliphatic hydroxyl groups is 2. The molecule has 1 amide bonds. The molecule has 3 N–H and O–H groups in total. The summed E-state index contributed by atoms with van der Waals surface area (Å²) in [6, 6.07) is -0.699. The van der Waals surface area contributed by atoms with Gasteiger partial charge in [0.15, 0.2) is 0 Å². The largest absolute Gasteiger partial charge is 0.462 e. The number of hydrogen-bond acceptors (Lipinski definition) is 5. The van der Waals surface area contributed by atoms with Crippen molar-refractivity contribution in [3.8, 4) is 0 Å². The van der Waals surface area contributed by atoms with E-state index in [0.717, 1.165) is 51.4 Å². The van der Waals surface area contributed by atoms with E-state index in [9.17, 15) is 19.8 Å². The van der Waals surface area contributed by atoms with Gasteiger partial charge in [0.2, 0.25) is 5.91 Å². The van der Waals surface area contributed by atoms with Crippen LogP contribution < -0.4 is 5.32 Å². The number of aliphatic hydroxyl groups excluding tert-OH is 2. The summed E-state index contributed by atoms with van der Waals surface area (Å²) in [4.78, 5) is 26.1. The quantitative estimate of drug-likeness (QED) is 0.0321. The van der Waals surface area contributed by atoms with Crippen LogP contribution in [0.25, 0.3) is 0 Å². The minimum atomic E-state index is -0.786. The van der Waals surface area contributed by atoms with Crippen molar-refractivity contribution in [3.05, 3.63) is 24.3 Å².